The summed E-state index contributed by atoms with van der Waals surface area (Å²) < 4.78 is 10.4. The molecular weight excluding hydrogens is 330 g/mol. The van der Waals surface area contributed by atoms with Crippen LogP contribution in [-0.4, -0.2) is 30.3 Å². The molecule has 0 radical (unpaired) electrons. The van der Waals surface area contributed by atoms with Gasteiger partial charge >= 0.3 is 0 Å². The average molecular weight is 349 g/mol. The number of fused-ring (bicyclic) bond motifs is 3. The minimum Gasteiger partial charge on any atom is -0.497 e. The van der Waals surface area contributed by atoms with E-state index >= 15 is 0 Å². The zero-order valence-corrected chi connectivity index (χ0v) is 14.6. The van der Waals surface area contributed by atoms with Gasteiger partial charge in [0.2, 0.25) is 0 Å². The number of nitrogens with zero attached hydrogens (tertiary/aromatic N) is 1. The number of rotatable bonds is 4. The number of H-pyrrole nitrogens is 1. The lowest BCUT2D eigenvalue weighted by Crippen LogP contribution is -2.15. The maximum Gasteiger partial charge on any atom is 0.273 e. The van der Waals surface area contributed by atoms with Gasteiger partial charge in [-0.25, -0.2) is 0 Å². The van der Waals surface area contributed by atoms with Crippen molar-refractivity contribution in [2.45, 2.75) is 12.8 Å². The summed E-state index contributed by atoms with van der Waals surface area (Å²) in [5.41, 5.74) is 5.25. The Morgan fingerprint density at radius 2 is 1.77 bits per heavy atom. The van der Waals surface area contributed by atoms with Crippen LogP contribution in [0.25, 0.3) is 11.3 Å². The molecule has 132 valence electrons. The summed E-state index contributed by atoms with van der Waals surface area (Å²) in [6.07, 6.45) is 1.61. The molecular formula is C20H19N3O3. The number of nitrogens with one attached hydrogen (secondary N) is 2. The number of hydrogen-bond donors (Lipinski definition) is 2. The monoisotopic (exact) mass is 349 g/mol. The zero-order valence-electron chi connectivity index (χ0n) is 14.6. The zero-order chi connectivity index (χ0) is 18.1. The molecule has 1 aliphatic rings. The van der Waals surface area contributed by atoms with E-state index in [4.69, 9.17) is 9.47 Å². The van der Waals surface area contributed by atoms with Gasteiger partial charge in [0.15, 0.2) is 0 Å². The van der Waals surface area contributed by atoms with Gasteiger partial charge in [-0.2, -0.15) is 5.10 Å². The minimum absolute atomic E-state index is 0.194. The van der Waals surface area contributed by atoms with Crippen LogP contribution in [-0.2, 0) is 12.8 Å². The number of hydrogen-bond acceptors (Lipinski definition) is 4. The predicted molar refractivity (Wildman–Crippen MR) is 98.9 cm³/mol. The molecule has 6 nitrogen and oxygen atoms in total. The lowest BCUT2D eigenvalue weighted by molar-refractivity contribution is 0.102. The summed E-state index contributed by atoms with van der Waals surface area (Å²) in [6.45, 7) is 0. The number of anilines is 1. The molecule has 0 spiro atoms. The molecule has 3 aromatic rings. The van der Waals surface area contributed by atoms with Crippen LogP contribution in [0, 0.1) is 0 Å². The van der Waals surface area contributed by atoms with Crippen molar-refractivity contribution < 1.29 is 14.3 Å². The van der Waals surface area contributed by atoms with E-state index in [0.29, 0.717) is 11.4 Å². The molecule has 1 heterocycles. The Bertz CT molecular complexity index is 961. The van der Waals surface area contributed by atoms with E-state index in [0.717, 1.165) is 41.2 Å². The first-order valence-electron chi connectivity index (χ1n) is 8.39. The number of amides is 1. The SMILES string of the molecule is COc1ccc(NC(=O)c2[nH]nc3c2CCc2cc(OC)ccc2-3)cc1. The Labute approximate surface area is 151 Å². The van der Waals surface area contributed by atoms with Crippen molar-refractivity contribution in [2.24, 2.45) is 0 Å². The Morgan fingerprint density at radius 3 is 2.50 bits per heavy atom. The average Bonchev–Trinajstić information content (AvgIpc) is 3.12. The number of methoxy groups -OCH3 is 2. The van der Waals surface area contributed by atoms with Gasteiger partial charge in [0.25, 0.3) is 5.91 Å². The van der Waals surface area contributed by atoms with Crippen molar-refractivity contribution in [3.05, 3.63) is 59.3 Å². The van der Waals surface area contributed by atoms with Crippen molar-refractivity contribution in [3.63, 3.8) is 0 Å². The summed E-state index contributed by atoms with van der Waals surface area (Å²) in [5.74, 6) is 1.38. The number of carbonyl (C=O) groups excluding carboxylic acids is 1. The molecule has 0 aliphatic heterocycles. The molecule has 2 N–H and O–H groups in total. The lowest BCUT2D eigenvalue weighted by Gasteiger charge is -2.17. The van der Waals surface area contributed by atoms with Gasteiger partial charge in [0.05, 0.1) is 19.9 Å². The van der Waals surface area contributed by atoms with Gasteiger partial charge in [-0.1, -0.05) is 0 Å². The maximum absolute atomic E-state index is 12.7. The Kier molecular flexibility index (Phi) is 4.08. The first-order chi connectivity index (χ1) is 12.7. The van der Waals surface area contributed by atoms with Crippen molar-refractivity contribution in [3.8, 4) is 22.8 Å². The van der Waals surface area contributed by atoms with Gasteiger partial charge in [0.1, 0.15) is 17.2 Å². The van der Waals surface area contributed by atoms with Crippen LogP contribution < -0.4 is 14.8 Å². The third-order valence-corrected chi connectivity index (χ3v) is 4.65. The summed E-state index contributed by atoms with van der Waals surface area (Å²) in [6, 6.07) is 13.2. The standard InChI is InChI=1S/C20H19N3O3/c1-25-14-6-4-13(5-7-14)21-20(24)19-17-9-3-12-11-15(26-2)8-10-16(12)18(17)22-23-19/h4-8,10-11H,3,9H2,1-2H3,(H,21,24)(H,22,23). The van der Waals surface area contributed by atoms with Crippen LogP contribution in [0.1, 0.15) is 21.6 Å². The van der Waals surface area contributed by atoms with Crippen LogP contribution in [0.5, 0.6) is 11.5 Å². The van der Waals surface area contributed by atoms with E-state index in [1.165, 1.54) is 5.56 Å². The van der Waals surface area contributed by atoms with E-state index in [1.54, 1.807) is 26.4 Å². The fraction of sp³-hybridized carbons (Fsp3) is 0.200. The Morgan fingerprint density at radius 1 is 1.04 bits per heavy atom. The fourth-order valence-electron chi connectivity index (χ4n) is 3.28. The molecule has 4 rings (SSSR count). The van der Waals surface area contributed by atoms with Gasteiger partial charge < -0.3 is 14.8 Å². The van der Waals surface area contributed by atoms with Gasteiger partial charge in [-0.05, 0) is 60.9 Å². The molecule has 2 aromatic carbocycles. The van der Waals surface area contributed by atoms with E-state index in [2.05, 4.69) is 15.5 Å². The van der Waals surface area contributed by atoms with E-state index in [9.17, 15) is 4.79 Å². The largest absolute Gasteiger partial charge is 0.497 e. The first-order valence-corrected chi connectivity index (χ1v) is 8.39. The minimum atomic E-state index is -0.194. The van der Waals surface area contributed by atoms with Crippen LogP contribution >= 0.6 is 0 Å². The maximum atomic E-state index is 12.7. The lowest BCUT2D eigenvalue weighted by atomic mass is 9.89. The quantitative estimate of drug-likeness (QED) is 0.756. The summed E-state index contributed by atoms with van der Waals surface area (Å²) in [7, 11) is 3.27. The molecule has 6 heteroatoms. The second-order valence-corrected chi connectivity index (χ2v) is 6.13. The number of aromatic nitrogens is 2. The number of carbonyl (C=O) groups is 1. The van der Waals surface area contributed by atoms with Crippen LogP contribution in [0.15, 0.2) is 42.5 Å². The molecule has 0 saturated carbocycles. The summed E-state index contributed by atoms with van der Waals surface area (Å²) >= 11 is 0. The normalized spacial score (nSPS) is 12.1. The van der Waals surface area contributed by atoms with E-state index in [-0.39, 0.29) is 5.91 Å². The highest BCUT2D eigenvalue weighted by molar-refractivity contribution is 6.05. The molecule has 0 unspecified atom stereocenters. The van der Waals surface area contributed by atoms with Crippen molar-refractivity contribution in [1.82, 2.24) is 10.2 Å². The third kappa shape index (κ3) is 2.79. The van der Waals surface area contributed by atoms with Crippen LogP contribution in [0.4, 0.5) is 5.69 Å². The Hall–Kier alpha value is -3.28. The highest BCUT2D eigenvalue weighted by Crippen LogP contribution is 2.35. The first kappa shape index (κ1) is 16.2. The topological polar surface area (TPSA) is 76.2 Å². The molecule has 0 saturated heterocycles. The third-order valence-electron chi connectivity index (χ3n) is 4.65. The van der Waals surface area contributed by atoms with Gasteiger partial charge in [-0.15, -0.1) is 0 Å². The van der Waals surface area contributed by atoms with Gasteiger partial charge in [0, 0.05) is 16.8 Å². The number of aromatic amines is 1. The van der Waals surface area contributed by atoms with Crippen molar-refractivity contribution >= 4 is 11.6 Å². The van der Waals surface area contributed by atoms with Crippen LogP contribution in [0.2, 0.25) is 0 Å². The predicted octanol–water partition coefficient (Wildman–Crippen LogP) is 3.44. The molecule has 0 atom stereocenters. The molecule has 0 fully saturated rings. The number of ether oxygens (including phenoxy) is 2. The second-order valence-electron chi connectivity index (χ2n) is 6.13. The molecule has 1 aromatic heterocycles. The van der Waals surface area contributed by atoms with Crippen molar-refractivity contribution in [2.75, 3.05) is 19.5 Å². The molecule has 1 amide bonds. The number of aryl methyl sites for hydroxylation is 1. The smallest absolute Gasteiger partial charge is 0.273 e. The van der Waals surface area contributed by atoms with E-state index < -0.39 is 0 Å². The number of benzene rings is 2. The van der Waals surface area contributed by atoms with Gasteiger partial charge in [-0.3, -0.25) is 9.89 Å². The highest BCUT2D eigenvalue weighted by atomic mass is 16.5. The molecule has 0 bridgehead atoms. The highest BCUT2D eigenvalue weighted by Gasteiger charge is 2.25. The summed E-state index contributed by atoms with van der Waals surface area (Å²) in [4.78, 5) is 12.7. The van der Waals surface area contributed by atoms with Crippen LogP contribution in [0.3, 0.4) is 0 Å². The summed E-state index contributed by atoms with van der Waals surface area (Å²) in [5, 5.41) is 10.2. The van der Waals surface area contributed by atoms with Crippen molar-refractivity contribution in [1.29, 1.82) is 0 Å². The Balaban J connectivity index is 1.61. The molecule has 1 aliphatic carbocycles. The molecule has 26 heavy (non-hydrogen) atoms. The second kappa shape index (κ2) is 6.55. The van der Waals surface area contributed by atoms with E-state index in [1.807, 2.05) is 30.3 Å². The fourth-order valence-corrected chi connectivity index (χ4v) is 3.28.